The van der Waals surface area contributed by atoms with Crippen molar-refractivity contribution in [3.8, 4) is 0 Å². The molecule has 2 rings (SSSR count). The highest BCUT2D eigenvalue weighted by molar-refractivity contribution is 5.73. The van der Waals surface area contributed by atoms with Crippen LogP contribution in [0.2, 0.25) is 0 Å². The molecule has 17 heavy (non-hydrogen) atoms. The molecular formula is C9H12FN3O4. The Hall–Kier alpha value is -1.96. The van der Waals surface area contributed by atoms with E-state index in [2.05, 4.69) is 5.32 Å². The average Bonchev–Trinajstić information content (AvgIpc) is 2.78. The summed E-state index contributed by atoms with van der Waals surface area (Å²) in [5.74, 6) is -1.71. The third-order valence-corrected chi connectivity index (χ3v) is 2.13. The summed E-state index contributed by atoms with van der Waals surface area (Å²) in [6.45, 7) is 0.858. The molecule has 94 valence electrons. The highest BCUT2D eigenvalue weighted by Crippen LogP contribution is 2.03. The van der Waals surface area contributed by atoms with Crippen molar-refractivity contribution in [1.29, 1.82) is 0 Å². The number of aromatic nitrogens is 2. The summed E-state index contributed by atoms with van der Waals surface area (Å²) in [7, 11) is 0. The number of aliphatic carboxylic acids is 1. The van der Waals surface area contributed by atoms with Gasteiger partial charge in [-0.2, -0.15) is 4.39 Å². The van der Waals surface area contributed by atoms with Crippen molar-refractivity contribution in [1.82, 2.24) is 15.3 Å². The predicted octanol–water partition coefficient (Wildman–Crippen LogP) is -0.975. The Balaban J connectivity index is 0.000000171. The van der Waals surface area contributed by atoms with Gasteiger partial charge in [-0.05, 0) is 19.4 Å². The van der Waals surface area contributed by atoms with Crippen LogP contribution in [0, 0.1) is 5.82 Å². The van der Waals surface area contributed by atoms with Gasteiger partial charge in [0, 0.05) is 6.20 Å². The van der Waals surface area contributed by atoms with Crippen molar-refractivity contribution in [2.75, 3.05) is 6.54 Å². The number of hydrogen-bond acceptors (Lipinski definition) is 4. The lowest BCUT2D eigenvalue weighted by Crippen LogP contribution is -2.29. The molecule has 1 aliphatic rings. The van der Waals surface area contributed by atoms with Crippen molar-refractivity contribution < 1.29 is 14.3 Å². The quantitative estimate of drug-likeness (QED) is 0.508. The maximum absolute atomic E-state index is 12.0. The molecule has 0 radical (unpaired) electrons. The second-order valence-corrected chi connectivity index (χ2v) is 3.41. The lowest BCUT2D eigenvalue weighted by Gasteiger charge is -1.99. The van der Waals surface area contributed by atoms with Crippen molar-refractivity contribution in [3.05, 3.63) is 32.9 Å². The van der Waals surface area contributed by atoms with Gasteiger partial charge < -0.3 is 15.4 Å². The van der Waals surface area contributed by atoms with Crippen LogP contribution in [-0.2, 0) is 4.79 Å². The number of H-pyrrole nitrogens is 2. The monoisotopic (exact) mass is 245 g/mol. The average molecular weight is 245 g/mol. The molecule has 1 fully saturated rings. The minimum Gasteiger partial charge on any atom is -0.480 e. The molecule has 1 saturated heterocycles. The van der Waals surface area contributed by atoms with E-state index in [-0.39, 0.29) is 6.04 Å². The molecule has 0 amide bonds. The Bertz CT molecular complexity index is 490. The van der Waals surface area contributed by atoms with E-state index in [1.54, 1.807) is 4.98 Å². The number of aromatic amines is 2. The van der Waals surface area contributed by atoms with Crippen LogP contribution in [0.1, 0.15) is 12.8 Å². The van der Waals surface area contributed by atoms with Crippen LogP contribution in [0.4, 0.5) is 4.39 Å². The summed E-state index contributed by atoms with van der Waals surface area (Å²) >= 11 is 0. The van der Waals surface area contributed by atoms with Crippen LogP contribution in [0.3, 0.4) is 0 Å². The number of carboxylic acids is 1. The molecule has 1 aliphatic heterocycles. The number of carboxylic acid groups (broad SMARTS) is 1. The fraction of sp³-hybridized carbons (Fsp3) is 0.444. The van der Waals surface area contributed by atoms with E-state index in [1.807, 2.05) is 4.98 Å². The SMILES string of the molecule is O=C(O)[C@@H]1CCCN1.O=c1[nH]cc(F)c(=O)[nH]1. The molecule has 0 aromatic carbocycles. The molecule has 0 spiro atoms. The van der Waals surface area contributed by atoms with Crippen LogP contribution in [0.15, 0.2) is 15.8 Å². The van der Waals surface area contributed by atoms with Gasteiger partial charge >= 0.3 is 11.7 Å². The van der Waals surface area contributed by atoms with E-state index in [4.69, 9.17) is 5.11 Å². The van der Waals surface area contributed by atoms with Gasteiger partial charge in [0.1, 0.15) is 6.04 Å². The van der Waals surface area contributed by atoms with Gasteiger partial charge in [-0.3, -0.25) is 14.6 Å². The van der Waals surface area contributed by atoms with Crippen molar-refractivity contribution in [2.24, 2.45) is 0 Å². The van der Waals surface area contributed by atoms with Gasteiger partial charge in [-0.1, -0.05) is 0 Å². The van der Waals surface area contributed by atoms with Gasteiger partial charge in [0.25, 0.3) is 5.56 Å². The van der Waals surface area contributed by atoms with Crippen LogP contribution in [0.25, 0.3) is 0 Å². The zero-order chi connectivity index (χ0) is 12.8. The first-order chi connectivity index (χ1) is 8.00. The molecular weight excluding hydrogens is 233 g/mol. The molecule has 0 unspecified atom stereocenters. The molecule has 2 heterocycles. The second kappa shape index (κ2) is 5.94. The van der Waals surface area contributed by atoms with Crippen LogP contribution in [-0.4, -0.2) is 33.6 Å². The number of nitrogens with one attached hydrogen (secondary N) is 3. The van der Waals surface area contributed by atoms with E-state index in [0.717, 1.165) is 19.4 Å². The maximum atomic E-state index is 12.0. The predicted molar refractivity (Wildman–Crippen MR) is 56.3 cm³/mol. The normalized spacial score (nSPS) is 18.3. The Labute approximate surface area is 94.7 Å². The molecule has 1 aromatic heterocycles. The lowest BCUT2D eigenvalue weighted by atomic mass is 10.2. The first-order valence-electron chi connectivity index (χ1n) is 4.94. The molecule has 0 saturated carbocycles. The number of carbonyl (C=O) groups is 1. The summed E-state index contributed by atoms with van der Waals surface area (Å²) in [6.07, 6.45) is 2.49. The van der Waals surface area contributed by atoms with Crippen LogP contribution < -0.4 is 16.6 Å². The summed E-state index contributed by atoms with van der Waals surface area (Å²) in [6, 6.07) is -0.269. The van der Waals surface area contributed by atoms with E-state index in [1.165, 1.54) is 0 Å². The highest BCUT2D eigenvalue weighted by Gasteiger charge is 2.20. The summed E-state index contributed by atoms with van der Waals surface area (Å²) in [5.41, 5.74) is -1.71. The third-order valence-electron chi connectivity index (χ3n) is 2.13. The zero-order valence-electron chi connectivity index (χ0n) is 8.83. The second-order valence-electron chi connectivity index (χ2n) is 3.41. The van der Waals surface area contributed by atoms with Crippen molar-refractivity contribution >= 4 is 5.97 Å². The standard InChI is InChI=1S/C5H9NO2.C4H3FN2O2/c7-5(8)4-2-1-3-6-4;5-2-1-6-4(9)7-3(2)8/h4,6H,1-3H2,(H,7,8);1H,(H2,6,7,8,9)/t4-;/m0./s1. The number of hydrogen-bond donors (Lipinski definition) is 4. The van der Waals surface area contributed by atoms with Gasteiger partial charge in [0.15, 0.2) is 0 Å². The maximum Gasteiger partial charge on any atom is 0.325 e. The molecule has 1 atom stereocenters. The highest BCUT2D eigenvalue weighted by atomic mass is 19.1. The Morgan fingerprint density at radius 3 is 2.53 bits per heavy atom. The van der Waals surface area contributed by atoms with Crippen LogP contribution >= 0.6 is 0 Å². The van der Waals surface area contributed by atoms with Gasteiger partial charge in [0.2, 0.25) is 5.82 Å². The molecule has 0 aliphatic carbocycles. The van der Waals surface area contributed by atoms with E-state index >= 15 is 0 Å². The molecule has 7 nitrogen and oxygen atoms in total. The fourth-order valence-electron chi connectivity index (χ4n) is 1.29. The Morgan fingerprint density at radius 2 is 2.18 bits per heavy atom. The summed E-state index contributed by atoms with van der Waals surface area (Å²) < 4.78 is 12.0. The zero-order valence-corrected chi connectivity index (χ0v) is 8.83. The van der Waals surface area contributed by atoms with E-state index < -0.39 is 23.0 Å². The minimum absolute atomic E-state index is 0.269. The van der Waals surface area contributed by atoms with Gasteiger partial charge in [-0.15, -0.1) is 0 Å². The molecule has 8 heteroatoms. The number of halogens is 1. The minimum atomic E-state index is -1.00. The summed E-state index contributed by atoms with van der Waals surface area (Å²) in [4.78, 5) is 34.1. The van der Waals surface area contributed by atoms with Crippen molar-refractivity contribution in [2.45, 2.75) is 18.9 Å². The van der Waals surface area contributed by atoms with Gasteiger partial charge in [-0.25, -0.2) is 4.79 Å². The number of rotatable bonds is 1. The Morgan fingerprint density at radius 1 is 1.47 bits per heavy atom. The smallest absolute Gasteiger partial charge is 0.325 e. The molecule has 0 bridgehead atoms. The first-order valence-corrected chi connectivity index (χ1v) is 4.94. The van der Waals surface area contributed by atoms with E-state index in [9.17, 15) is 18.8 Å². The van der Waals surface area contributed by atoms with Gasteiger partial charge in [0.05, 0.1) is 0 Å². The Kier molecular flexibility index (Phi) is 4.58. The first kappa shape index (κ1) is 13.1. The molecule has 4 N–H and O–H groups in total. The van der Waals surface area contributed by atoms with Crippen molar-refractivity contribution in [3.63, 3.8) is 0 Å². The fourth-order valence-corrected chi connectivity index (χ4v) is 1.29. The van der Waals surface area contributed by atoms with Crippen LogP contribution in [0.5, 0.6) is 0 Å². The summed E-state index contributed by atoms with van der Waals surface area (Å²) in [5, 5.41) is 11.2. The molecule has 1 aromatic rings. The topological polar surface area (TPSA) is 115 Å². The largest absolute Gasteiger partial charge is 0.480 e. The third kappa shape index (κ3) is 4.19. The van der Waals surface area contributed by atoms with E-state index in [0.29, 0.717) is 6.20 Å². The lowest BCUT2D eigenvalue weighted by molar-refractivity contribution is -0.139.